The zero-order valence-electron chi connectivity index (χ0n) is 18.9. The molecule has 0 fully saturated rings. The Hall–Kier alpha value is -3.17. The predicted molar refractivity (Wildman–Crippen MR) is 127 cm³/mol. The van der Waals surface area contributed by atoms with E-state index in [4.69, 9.17) is 4.74 Å². The summed E-state index contributed by atoms with van der Waals surface area (Å²) in [6.07, 6.45) is 1.70. The van der Waals surface area contributed by atoms with Crippen LogP contribution in [0.3, 0.4) is 0 Å². The molecule has 0 saturated heterocycles. The van der Waals surface area contributed by atoms with Crippen molar-refractivity contribution in [2.75, 3.05) is 17.2 Å². The number of nitrogens with one attached hydrogen (secondary N) is 3. The fourth-order valence-electron chi connectivity index (χ4n) is 2.90. The summed E-state index contributed by atoms with van der Waals surface area (Å²) in [5.74, 6) is 1.79. The maximum Gasteiger partial charge on any atom is 0.241 e. The highest BCUT2D eigenvalue weighted by Gasteiger charge is 2.22. The second-order valence-corrected chi connectivity index (χ2v) is 10.00. The van der Waals surface area contributed by atoms with Gasteiger partial charge in [0, 0.05) is 28.7 Å². The van der Waals surface area contributed by atoms with E-state index in [1.54, 1.807) is 51.2 Å². The van der Waals surface area contributed by atoms with Gasteiger partial charge >= 0.3 is 0 Å². The van der Waals surface area contributed by atoms with Crippen LogP contribution in [0.25, 0.3) is 0 Å². The third-order valence-electron chi connectivity index (χ3n) is 4.24. The van der Waals surface area contributed by atoms with Crippen molar-refractivity contribution >= 4 is 33.2 Å². The summed E-state index contributed by atoms with van der Waals surface area (Å²) < 4.78 is 33.4. The van der Waals surface area contributed by atoms with Crippen molar-refractivity contribution in [3.05, 3.63) is 60.3 Å². The minimum absolute atomic E-state index is 0.178. The third kappa shape index (κ3) is 6.41. The first-order chi connectivity index (χ1) is 15.1. The highest BCUT2D eigenvalue weighted by atomic mass is 32.2. The van der Waals surface area contributed by atoms with Gasteiger partial charge in [-0.1, -0.05) is 6.07 Å². The maximum atomic E-state index is 12.7. The second kappa shape index (κ2) is 9.54. The van der Waals surface area contributed by atoms with Crippen LogP contribution < -0.4 is 20.1 Å². The molecule has 0 bridgehead atoms. The molecule has 0 spiro atoms. The van der Waals surface area contributed by atoms with Gasteiger partial charge in [0.15, 0.2) is 0 Å². The van der Waals surface area contributed by atoms with Gasteiger partial charge in [-0.2, -0.15) is 4.98 Å². The number of sulfonamides is 1. The first kappa shape index (κ1) is 23.5. The topological polar surface area (TPSA) is 105 Å². The molecule has 0 aliphatic heterocycles. The Kier molecular flexibility index (Phi) is 7.00. The minimum Gasteiger partial charge on any atom is -0.494 e. The maximum absolute atomic E-state index is 12.7. The van der Waals surface area contributed by atoms with Gasteiger partial charge in [0.05, 0.1) is 11.5 Å². The van der Waals surface area contributed by atoms with Gasteiger partial charge in [0.2, 0.25) is 16.0 Å². The van der Waals surface area contributed by atoms with Crippen LogP contribution in [0.15, 0.2) is 59.6 Å². The van der Waals surface area contributed by atoms with E-state index in [-0.39, 0.29) is 4.90 Å². The monoisotopic (exact) mass is 455 g/mol. The Bertz CT molecular complexity index is 1170. The van der Waals surface area contributed by atoms with Crippen molar-refractivity contribution in [2.45, 2.75) is 45.1 Å². The number of hydrogen-bond acceptors (Lipinski definition) is 7. The second-order valence-electron chi connectivity index (χ2n) is 8.32. The Morgan fingerprint density at radius 2 is 1.72 bits per heavy atom. The van der Waals surface area contributed by atoms with Crippen LogP contribution in [0.2, 0.25) is 0 Å². The Balaban J connectivity index is 1.79. The zero-order valence-corrected chi connectivity index (χ0v) is 19.7. The first-order valence-electron chi connectivity index (χ1n) is 10.3. The fourth-order valence-corrected chi connectivity index (χ4v) is 4.36. The van der Waals surface area contributed by atoms with Crippen LogP contribution in [0.4, 0.5) is 23.1 Å². The molecule has 0 radical (unpaired) electrons. The normalized spacial score (nSPS) is 11.8. The van der Waals surface area contributed by atoms with Gasteiger partial charge in [0.1, 0.15) is 11.6 Å². The van der Waals surface area contributed by atoms with Crippen LogP contribution in [-0.2, 0) is 10.0 Å². The van der Waals surface area contributed by atoms with Crippen LogP contribution in [0.5, 0.6) is 5.75 Å². The van der Waals surface area contributed by atoms with E-state index in [1.807, 2.05) is 38.1 Å². The van der Waals surface area contributed by atoms with E-state index in [9.17, 15) is 8.42 Å². The molecule has 0 aliphatic rings. The largest absolute Gasteiger partial charge is 0.494 e. The van der Waals surface area contributed by atoms with E-state index in [2.05, 4.69) is 25.3 Å². The Morgan fingerprint density at radius 3 is 2.38 bits per heavy atom. The van der Waals surface area contributed by atoms with Crippen molar-refractivity contribution in [2.24, 2.45) is 0 Å². The fraction of sp³-hybridized carbons (Fsp3) is 0.304. The summed E-state index contributed by atoms with van der Waals surface area (Å²) >= 11 is 0. The number of hydrogen-bond donors (Lipinski definition) is 3. The van der Waals surface area contributed by atoms with Gasteiger partial charge in [-0.05, 0) is 77.1 Å². The number of benzene rings is 2. The Morgan fingerprint density at radius 1 is 1.00 bits per heavy atom. The number of aryl methyl sites for hydroxylation is 1. The van der Waals surface area contributed by atoms with Crippen molar-refractivity contribution in [3.8, 4) is 5.75 Å². The molecule has 1 aromatic heterocycles. The van der Waals surface area contributed by atoms with Crippen LogP contribution >= 0.6 is 0 Å². The van der Waals surface area contributed by atoms with E-state index < -0.39 is 15.6 Å². The quantitative estimate of drug-likeness (QED) is 0.450. The van der Waals surface area contributed by atoms with Gasteiger partial charge < -0.3 is 15.4 Å². The van der Waals surface area contributed by atoms with Gasteiger partial charge in [-0.3, -0.25) is 0 Å². The molecule has 8 nitrogen and oxygen atoms in total. The van der Waals surface area contributed by atoms with E-state index >= 15 is 0 Å². The number of aromatic nitrogens is 2. The molecule has 0 saturated carbocycles. The molecular formula is C23H29N5O3S. The predicted octanol–water partition coefficient (Wildman–Crippen LogP) is 4.75. The van der Waals surface area contributed by atoms with Gasteiger partial charge in [-0.25, -0.2) is 18.1 Å². The molecule has 1 heterocycles. The molecule has 3 N–H and O–H groups in total. The SMILES string of the molecule is CCOc1ccc(Nc2ncc(C)c(Nc3cccc(S(=O)(=O)NC(C)(C)C)c3)n2)cc1. The molecule has 3 aromatic rings. The van der Waals surface area contributed by atoms with Crippen molar-refractivity contribution < 1.29 is 13.2 Å². The standard InChI is InChI=1S/C23H29N5O3S/c1-6-31-19-12-10-17(11-13-19)26-22-24-15-16(2)21(27-22)25-18-8-7-9-20(14-18)32(29,30)28-23(3,4)5/h7-15,28H,6H2,1-5H3,(H2,24,25,26,27). The number of anilines is 4. The van der Waals surface area contributed by atoms with Crippen LogP contribution in [0.1, 0.15) is 33.3 Å². The summed E-state index contributed by atoms with van der Waals surface area (Å²) in [6, 6.07) is 14.1. The average molecular weight is 456 g/mol. The molecule has 32 heavy (non-hydrogen) atoms. The summed E-state index contributed by atoms with van der Waals surface area (Å²) in [5.41, 5.74) is 1.68. The highest BCUT2D eigenvalue weighted by Crippen LogP contribution is 2.24. The molecule has 0 atom stereocenters. The number of ether oxygens (including phenoxy) is 1. The summed E-state index contributed by atoms with van der Waals surface area (Å²) in [7, 11) is -3.64. The summed E-state index contributed by atoms with van der Waals surface area (Å²) in [4.78, 5) is 9.05. The van der Waals surface area contributed by atoms with Crippen molar-refractivity contribution in [3.63, 3.8) is 0 Å². The molecule has 0 amide bonds. The molecule has 0 unspecified atom stereocenters. The van der Waals surface area contributed by atoms with Crippen molar-refractivity contribution in [1.82, 2.24) is 14.7 Å². The summed E-state index contributed by atoms with van der Waals surface area (Å²) in [5, 5.41) is 6.36. The van der Waals surface area contributed by atoms with E-state index in [0.717, 1.165) is 17.0 Å². The summed E-state index contributed by atoms with van der Waals surface area (Å²) in [6.45, 7) is 9.83. The highest BCUT2D eigenvalue weighted by molar-refractivity contribution is 7.89. The molecule has 2 aromatic carbocycles. The smallest absolute Gasteiger partial charge is 0.241 e. The van der Waals surface area contributed by atoms with Gasteiger partial charge in [-0.15, -0.1) is 0 Å². The lowest BCUT2D eigenvalue weighted by Gasteiger charge is -2.20. The number of rotatable bonds is 8. The van der Waals surface area contributed by atoms with Gasteiger partial charge in [0.25, 0.3) is 0 Å². The molecular weight excluding hydrogens is 426 g/mol. The molecule has 3 rings (SSSR count). The zero-order chi connectivity index (χ0) is 23.4. The van der Waals surface area contributed by atoms with Crippen LogP contribution in [-0.4, -0.2) is 30.5 Å². The lowest BCUT2D eigenvalue weighted by atomic mass is 10.1. The van der Waals surface area contributed by atoms with Crippen LogP contribution in [0, 0.1) is 6.92 Å². The lowest BCUT2D eigenvalue weighted by Crippen LogP contribution is -2.40. The van der Waals surface area contributed by atoms with Crippen molar-refractivity contribution in [1.29, 1.82) is 0 Å². The molecule has 170 valence electrons. The molecule has 0 aliphatic carbocycles. The van der Waals surface area contributed by atoms with E-state index in [1.165, 1.54) is 0 Å². The Labute approximate surface area is 189 Å². The average Bonchev–Trinajstić information content (AvgIpc) is 2.71. The third-order valence-corrected chi connectivity index (χ3v) is 6.00. The first-order valence-corrected chi connectivity index (χ1v) is 11.8. The van der Waals surface area contributed by atoms with E-state index in [0.29, 0.717) is 24.1 Å². The molecule has 9 heteroatoms. The lowest BCUT2D eigenvalue weighted by molar-refractivity contribution is 0.340. The minimum atomic E-state index is -3.64. The number of nitrogens with zero attached hydrogens (tertiary/aromatic N) is 2.